The fraction of sp³-hybridized carbons (Fsp3) is 0.571. The number of amides is 1. The summed E-state index contributed by atoms with van der Waals surface area (Å²) in [4.78, 5) is 17.8. The van der Waals surface area contributed by atoms with Gasteiger partial charge in [0.25, 0.3) is 5.91 Å². The van der Waals surface area contributed by atoms with Gasteiger partial charge in [0, 0.05) is 53.3 Å². The third-order valence-corrected chi connectivity index (χ3v) is 7.58. The van der Waals surface area contributed by atoms with Gasteiger partial charge in [-0.1, -0.05) is 0 Å². The van der Waals surface area contributed by atoms with Gasteiger partial charge in [0.1, 0.15) is 0 Å². The van der Waals surface area contributed by atoms with Crippen molar-refractivity contribution in [1.82, 2.24) is 10.2 Å². The molecule has 0 unspecified atom stereocenters. The molecule has 4 atom stereocenters. The van der Waals surface area contributed by atoms with E-state index in [9.17, 15) is 4.79 Å². The van der Waals surface area contributed by atoms with Crippen molar-refractivity contribution in [3.05, 3.63) is 45.5 Å². The van der Waals surface area contributed by atoms with Crippen LogP contribution in [0.4, 0.5) is 0 Å². The normalized spacial score (nSPS) is 32.1. The van der Waals surface area contributed by atoms with Gasteiger partial charge in [0.2, 0.25) is 0 Å². The van der Waals surface area contributed by atoms with Crippen molar-refractivity contribution < 1.29 is 13.9 Å². The highest BCUT2D eigenvalue weighted by Crippen LogP contribution is 2.54. The number of aryl methyl sites for hydroxylation is 2. The largest absolute Gasteiger partial charge is 0.459 e. The first-order valence-corrected chi connectivity index (χ1v) is 10.6. The van der Waals surface area contributed by atoms with Crippen molar-refractivity contribution in [2.75, 3.05) is 19.6 Å². The summed E-state index contributed by atoms with van der Waals surface area (Å²) in [5.41, 5.74) is 0.888. The Morgan fingerprint density at radius 3 is 3.00 bits per heavy atom. The minimum Gasteiger partial charge on any atom is -0.459 e. The molecule has 5 rings (SSSR count). The SMILES string of the molecule is Cc1ccc(CN2C[C@@H]3[C@H](CNC(=O)c4occc4C)[C@H]4CC[C@]3(C2)O4)s1. The van der Waals surface area contributed by atoms with E-state index in [0.717, 1.165) is 38.0 Å². The first kappa shape index (κ1) is 17.5. The average Bonchev–Trinajstić information content (AvgIpc) is 3.41. The molecule has 2 aromatic heterocycles. The average molecular weight is 387 g/mol. The lowest BCUT2D eigenvalue weighted by Crippen LogP contribution is -2.41. The number of rotatable bonds is 5. The summed E-state index contributed by atoms with van der Waals surface area (Å²) < 4.78 is 11.8. The number of likely N-dealkylation sites (tertiary alicyclic amines) is 1. The smallest absolute Gasteiger partial charge is 0.287 e. The molecule has 0 aliphatic carbocycles. The Hall–Kier alpha value is -1.63. The molecule has 3 saturated heterocycles. The Morgan fingerprint density at radius 2 is 2.26 bits per heavy atom. The number of nitrogens with one attached hydrogen (secondary N) is 1. The van der Waals surface area contributed by atoms with Gasteiger partial charge in [-0.15, -0.1) is 11.3 Å². The molecule has 3 aliphatic heterocycles. The fourth-order valence-electron chi connectivity index (χ4n) is 5.37. The van der Waals surface area contributed by atoms with Crippen molar-refractivity contribution in [2.24, 2.45) is 11.8 Å². The molecule has 0 aromatic carbocycles. The molecule has 0 radical (unpaired) electrons. The van der Waals surface area contributed by atoms with Crippen LogP contribution in [0.2, 0.25) is 0 Å². The maximum absolute atomic E-state index is 12.4. The quantitative estimate of drug-likeness (QED) is 0.856. The molecular weight excluding hydrogens is 360 g/mol. The molecule has 5 heterocycles. The van der Waals surface area contributed by atoms with Crippen LogP contribution in [0.15, 0.2) is 28.9 Å². The molecule has 1 spiro atoms. The molecule has 27 heavy (non-hydrogen) atoms. The number of carbonyl (C=O) groups is 1. The number of thiophene rings is 1. The highest BCUT2D eigenvalue weighted by atomic mass is 32.1. The summed E-state index contributed by atoms with van der Waals surface area (Å²) in [7, 11) is 0. The van der Waals surface area contributed by atoms with Crippen LogP contribution in [0.5, 0.6) is 0 Å². The first-order valence-electron chi connectivity index (χ1n) is 9.82. The van der Waals surface area contributed by atoms with Crippen LogP contribution in [0.25, 0.3) is 0 Å². The van der Waals surface area contributed by atoms with E-state index in [1.807, 2.05) is 24.3 Å². The zero-order valence-electron chi connectivity index (χ0n) is 15.9. The number of hydrogen-bond donors (Lipinski definition) is 1. The minimum atomic E-state index is -0.113. The van der Waals surface area contributed by atoms with Crippen molar-refractivity contribution in [3.8, 4) is 0 Å². The number of fused-ring (bicyclic) bond motifs is 1. The maximum atomic E-state index is 12.4. The highest BCUT2D eigenvalue weighted by Gasteiger charge is 2.62. The maximum Gasteiger partial charge on any atom is 0.287 e. The van der Waals surface area contributed by atoms with E-state index in [4.69, 9.17) is 9.15 Å². The fourth-order valence-corrected chi connectivity index (χ4v) is 6.30. The van der Waals surface area contributed by atoms with Crippen LogP contribution in [0, 0.1) is 25.7 Å². The van der Waals surface area contributed by atoms with Gasteiger partial charge < -0.3 is 14.5 Å². The van der Waals surface area contributed by atoms with E-state index < -0.39 is 0 Å². The van der Waals surface area contributed by atoms with Gasteiger partial charge >= 0.3 is 0 Å². The van der Waals surface area contributed by atoms with Crippen LogP contribution < -0.4 is 5.32 Å². The molecule has 5 nitrogen and oxygen atoms in total. The Bertz CT molecular complexity index is 859. The van der Waals surface area contributed by atoms with E-state index in [0.29, 0.717) is 30.2 Å². The molecule has 0 saturated carbocycles. The predicted molar refractivity (Wildman–Crippen MR) is 104 cm³/mol. The predicted octanol–water partition coefficient (Wildman–Crippen LogP) is 3.37. The van der Waals surface area contributed by atoms with E-state index in [1.165, 1.54) is 9.75 Å². The standard InChI is InChI=1S/C21H26N2O3S/c1-13-6-8-25-19(13)20(24)22-9-16-17-11-23(10-15-4-3-14(2)27-15)12-21(17)7-5-18(16)26-21/h3-4,6,8,16-18H,5,7,9-12H2,1-2H3,(H,22,24)/t16-,17+,18+,21+/m0/s1. The topological polar surface area (TPSA) is 54.7 Å². The van der Waals surface area contributed by atoms with Gasteiger partial charge in [-0.25, -0.2) is 0 Å². The summed E-state index contributed by atoms with van der Waals surface area (Å²) in [5.74, 6) is 1.22. The summed E-state index contributed by atoms with van der Waals surface area (Å²) in [6, 6.07) is 6.27. The zero-order valence-corrected chi connectivity index (χ0v) is 16.7. The summed E-state index contributed by atoms with van der Waals surface area (Å²) in [5, 5.41) is 3.10. The third kappa shape index (κ3) is 2.94. The molecule has 2 aromatic rings. The molecule has 1 N–H and O–H groups in total. The number of carbonyl (C=O) groups excluding carboxylic acids is 1. The number of hydrogen-bond acceptors (Lipinski definition) is 5. The Morgan fingerprint density at radius 1 is 1.37 bits per heavy atom. The molecule has 2 bridgehead atoms. The van der Waals surface area contributed by atoms with Crippen LogP contribution in [0.1, 0.15) is 38.7 Å². The summed E-state index contributed by atoms with van der Waals surface area (Å²) in [6.07, 6.45) is 4.13. The second-order valence-corrected chi connectivity index (χ2v) is 9.73. The van der Waals surface area contributed by atoms with Gasteiger partial charge in [-0.2, -0.15) is 0 Å². The van der Waals surface area contributed by atoms with Gasteiger partial charge in [0.15, 0.2) is 5.76 Å². The lowest BCUT2D eigenvalue weighted by Gasteiger charge is -2.29. The third-order valence-electron chi connectivity index (χ3n) is 6.60. The van der Waals surface area contributed by atoms with Crippen molar-refractivity contribution in [3.63, 3.8) is 0 Å². The van der Waals surface area contributed by atoms with Crippen molar-refractivity contribution in [2.45, 2.75) is 44.9 Å². The van der Waals surface area contributed by atoms with Crippen LogP contribution >= 0.6 is 11.3 Å². The number of furan rings is 1. The van der Waals surface area contributed by atoms with Crippen molar-refractivity contribution in [1.29, 1.82) is 0 Å². The van der Waals surface area contributed by atoms with Gasteiger partial charge in [-0.3, -0.25) is 9.69 Å². The van der Waals surface area contributed by atoms with Crippen LogP contribution in [0.3, 0.4) is 0 Å². The molecule has 3 aliphatic rings. The number of ether oxygens (including phenoxy) is 1. The molecule has 6 heteroatoms. The van der Waals surface area contributed by atoms with E-state index in [-0.39, 0.29) is 11.5 Å². The lowest BCUT2D eigenvalue weighted by atomic mass is 9.73. The summed E-state index contributed by atoms with van der Waals surface area (Å²) in [6.45, 7) is 7.82. The summed E-state index contributed by atoms with van der Waals surface area (Å²) >= 11 is 1.88. The number of nitrogens with zero attached hydrogens (tertiary/aromatic N) is 1. The first-order chi connectivity index (χ1) is 13.0. The van der Waals surface area contributed by atoms with Gasteiger partial charge in [-0.05, 0) is 44.9 Å². The zero-order chi connectivity index (χ0) is 18.6. The highest BCUT2D eigenvalue weighted by molar-refractivity contribution is 7.11. The molecule has 1 amide bonds. The van der Waals surface area contributed by atoms with E-state index >= 15 is 0 Å². The Balaban J connectivity index is 1.25. The lowest BCUT2D eigenvalue weighted by molar-refractivity contribution is 0.00219. The second-order valence-electron chi connectivity index (χ2n) is 8.35. The van der Waals surface area contributed by atoms with Crippen LogP contribution in [-0.4, -0.2) is 42.1 Å². The van der Waals surface area contributed by atoms with Crippen molar-refractivity contribution >= 4 is 17.2 Å². The second kappa shape index (κ2) is 6.47. The monoisotopic (exact) mass is 386 g/mol. The van der Waals surface area contributed by atoms with E-state index in [2.05, 4.69) is 29.3 Å². The van der Waals surface area contributed by atoms with Gasteiger partial charge in [0.05, 0.1) is 18.0 Å². The molecule has 3 fully saturated rings. The van der Waals surface area contributed by atoms with E-state index in [1.54, 1.807) is 6.26 Å². The Kier molecular flexibility index (Phi) is 4.18. The molecular formula is C21H26N2O3S. The minimum absolute atomic E-state index is 0.00691. The van der Waals surface area contributed by atoms with Crippen LogP contribution in [-0.2, 0) is 11.3 Å². The Labute approximate surface area is 163 Å². The molecule has 144 valence electrons.